The molecule has 3 rings (SSSR count). The number of aryl methyl sites for hydroxylation is 1. The van der Waals surface area contributed by atoms with E-state index in [-0.39, 0.29) is 18.0 Å². The third-order valence-electron chi connectivity index (χ3n) is 4.59. The van der Waals surface area contributed by atoms with Crippen LogP contribution in [0.5, 0.6) is 0 Å². The van der Waals surface area contributed by atoms with E-state index in [1.54, 1.807) is 6.07 Å². The molecule has 31 heavy (non-hydrogen) atoms. The van der Waals surface area contributed by atoms with Gasteiger partial charge in [0.2, 0.25) is 15.9 Å². The maximum atomic E-state index is 13.3. The van der Waals surface area contributed by atoms with Gasteiger partial charge in [0.1, 0.15) is 0 Å². The van der Waals surface area contributed by atoms with E-state index in [2.05, 4.69) is 5.32 Å². The predicted molar refractivity (Wildman–Crippen MR) is 127 cm³/mol. The van der Waals surface area contributed by atoms with E-state index in [4.69, 9.17) is 11.6 Å². The maximum Gasteiger partial charge on any atom is 0.243 e. The number of carbonyl (C=O) groups is 1. The van der Waals surface area contributed by atoms with Crippen molar-refractivity contribution in [1.82, 2.24) is 4.31 Å². The molecule has 0 bridgehead atoms. The summed E-state index contributed by atoms with van der Waals surface area (Å²) in [5, 5.41) is 3.28. The molecule has 0 aromatic heterocycles. The molecule has 3 aromatic carbocycles. The highest BCUT2D eigenvalue weighted by Gasteiger charge is 2.27. The zero-order valence-electron chi connectivity index (χ0n) is 17.2. The lowest BCUT2D eigenvalue weighted by Crippen LogP contribution is -2.37. The molecule has 8 heteroatoms. The summed E-state index contributed by atoms with van der Waals surface area (Å²) in [6.45, 7) is 1.69. The number of hydrogen-bond acceptors (Lipinski definition) is 4. The summed E-state index contributed by atoms with van der Waals surface area (Å²) in [6.07, 6.45) is 1.92. The fraction of sp³-hybridized carbons (Fsp3) is 0.174. The van der Waals surface area contributed by atoms with Gasteiger partial charge in [-0.3, -0.25) is 4.79 Å². The average Bonchev–Trinajstić information content (AvgIpc) is 2.74. The second kappa shape index (κ2) is 10.3. The number of nitrogens with one attached hydrogen (secondary N) is 1. The van der Waals surface area contributed by atoms with E-state index in [0.717, 1.165) is 16.0 Å². The van der Waals surface area contributed by atoms with Crippen LogP contribution in [-0.2, 0) is 21.4 Å². The first-order valence-corrected chi connectivity index (χ1v) is 12.6. The van der Waals surface area contributed by atoms with Crippen molar-refractivity contribution in [2.75, 3.05) is 18.1 Å². The number of para-hydroxylation sites is 1. The lowest BCUT2D eigenvalue weighted by atomic mass is 10.1. The number of amides is 1. The molecule has 1 N–H and O–H groups in total. The van der Waals surface area contributed by atoms with Crippen LogP contribution in [0.15, 0.2) is 82.6 Å². The largest absolute Gasteiger partial charge is 0.324 e. The monoisotopic (exact) mass is 474 g/mol. The molecule has 0 saturated heterocycles. The maximum absolute atomic E-state index is 13.3. The Hall–Kier alpha value is -2.32. The van der Waals surface area contributed by atoms with Crippen LogP contribution >= 0.6 is 23.4 Å². The molecule has 0 unspecified atom stereocenters. The SMILES string of the molecule is CSc1ccccc1NC(=O)CN(Cc1cccc(C)c1)S(=O)(=O)c1ccc(Cl)cc1. The summed E-state index contributed by atoms with van der Waals surface area (Å²) in [7, 11) is -3.92. The molecule has 0 heterocycles. The highest BCUT2D eigenvalue weighted by Crippen LogP contribution is 2.25. The molecule has 0 fully saturated rings. The van der Waals surface area contributed by atoms with Crippen molar-refractivity contribution < 1.29 is 13.2 Å². The number of benzene rings is 3. The van der Waals surface area contributed by atoms with Crippen molar-refractivity contribution in [1.29, 1.82) is 0 Å². The van der Waals surface area contributed by atoms with Gasteiger partial charge in [0.15, 0.2) is 0 Å². The fourth-order valence-corrected chi connectivity index (χ4v) is 5.16. The summed E-state index contributed by atoms with van der Waals surface area (Å²) < 4.78 is 27.9. The normalized spacial score (nSPS) is 11.5. The summed E-state index contributed by atoms with van der Waals surface area (Å²) in [6, 6.07) is 20.9. The minimum Gasteiger partial charge on any atom is -0.324 e. The number of carbonyl (C=O) groups excluding carboxylic acids is 1. The summed E-state index contributed by atoms with van der Waals surface area (Å²) in [5.74, 6) is -0.410. The highest BCUT2D eigenvalue weighted by atomic mass is 35.5. The third kappa shape index (κ3) is 6.11. The Kier molecular flexibility index (Phi) is 7.78. The van der Waals surface area contributed by atoms with Gasteiger partial charge < -0.3 is 5.32 Å². The Morgan fingerprint density at radius 1 is 1.03 bits per heavy atom. The van der Waals surface area contributed by atoms with Crippen LogP contribution in [0, 0.1) is 6.92 Å². The molecule has 3 aromatic rings. The summed E-state index contributed by atoms with van der Waals surface area (Å²) >= 11 is 7.42. The van der Waals surface area contributed by atoms with Crippen LogP contribution in [0.2, 0.25) is 5.02 Å². The van der Waals surface area contributed by atoms with Gasteiger partial charge in [0, 0.05) is 16.5 Å². The summed E-state index contributed by atoms with van der Waals surface area (Å²) in [4.78, 5) is 13.8. The average molecular weight is 475 g/mol. The van der Waals surface area contributed by atoms with Crippen molar-refractivity contribution in [2.45, 2.75) is 23.3 Å². The first-order chi connectivity index (χ1) is 14.8. The minimum atomic E-state index is -3.92. The van der Waals surface area contributed by atoms with Crippen molar-refractivity contribution >= 4 is 45.0 Å². The van der Waals surface area contributed by atoms with E-state index in [1.165, 1.54) is 40.3 Å². The van der Waals surface area contributed by atoms with Crippen LogP contribution in [0.25, 0.3) is 0 Å². The molecule has 0 spiro atoms. The van der Waals surface area contributed by atoms with E-state index in [9.17, 15) is 13.2 Å². The molecule has 1 amide bonds. The van der Waals surface area contributed by atoms with E-state index >= 15 is 0 Å². The first kappa shape index (κ1) is 23.3. The molecule has 0 aliphatic rings. The first-order valence-electron chi connectivity index (χ1n) is 9.54. The highest BCUT2D eigenvalue weighted by molar-refractivity contribution is 7.98. The quantitative estimate of drug-likeness (QED) is 0.455. The molecular weight excluding hydrogens is 452 g/mol. The Morgan fingerprint density at radius 3 is 2.42 bits per heavy atom. The molecule has 0 saturated carbocycles. The number of hydrogen-bond donors (Lipinski definition) is 1. The Balaban J connectivity index is 1.89. The Bertz CT molecular complexity index is 1170. The number of thioether (sulfide) groups is 1. The van der Waals surface area contributed by atoms with Gasteiger partial charge in [-0.2, -0.15) is 4.31 Å². The number of anilines is 1. The number of sulfonamides is 1. The van der Waals surface area contributed by atoms with Gasteiger partial charge in [-0.15, -0.1) is 11.8 Å². The lowest BCUT2D eigenvalue weighted by Gasteiger charge is -2.22. The van der Waals surface area contributed by atoms with Crippen LogP contribution < -0.4 is 5.32 Å². The van der Waals surface area contributed by atoms with Crippen LogP contribution in [-0.4, -0.2) is 31.4 Å². The van der Waals surface area contributed by atoms with Crippen LogP contribution in [0.4, 0.5) is 5.69 Å². The molecular formula is C23H23ClN2O3S2. The van der Waals surface area contributed by atoms with Crippen molar-refractivity contribution in [2.24, 2.45) is 0 Å². The molecule has 0 radical (unpaired) electrons. The second-order valence-electron chi connectivity index (χ2n) is 6.96. The second-order valence-corrected chi connectivity index (χ2v) is 10.2. The van der Waals surface area contributed by atoms with Gasteiger partial charge in [-0.1, -0.05) is 53.6 Å². The topological polar surface area (TPSA) is 66.5 Å². The lowest BCUT2D eigenvalue weighted by molar-refractivity contribution is -0.116. The summed E-state index contributed by atoms with van der Waals surface area (Å²) in [5.41, 5.74) is 2.47. The number of nitrogens with zero attached hydrogens (tertiary/aromatic N) is 1. The van der Waals surface area contributed by atoms with Crippen molar-refractivity contribution in [3.05, 3.63) is 88.9 Å². The fourth-order valence-electron chi connectivity index (χ4n) is 3.09. The third-order valence-corrected chi connectivity index (χ3v) is 7.45. The van der Waals surface area contributed by atoms with Gasteiger partial charge in [-0.05, 0) is 55.1 Å². The molecule has 0 aliphatic carbocycles. The van der Waals surface area contributed by atoms with E-state index in [0.29, 0.717) is 10.7 Å². The standard InChI is InChI=1S/C23H23ClN2O3S2/c1-17-6-5-7-18(14-17)15-26(31(28,29)20-12-10-19(24)11-13-20)16-23(27)25-21-8-3-4-9-22(21)30-2/h3-14H,15-16H2,1-2H3,(H,25,27). The van der Waals surface area contributed by atoms with Gasteiger partial charge in [0.25, 0.3) is 0 Å². The number of rotatable bonds is 8. The number of halogens is 1. The zero-order chi connectivity index (χ0) is 22.4. The Labute approximate surface area is 192 Å². The smallest absolute Gasteiger partial charge is 0.243 e. The molecule has 0 atom stereocenters. The predicted octanol–water partition coefficient (Wildman–Crippen LogP) is 5.20. The molecule has 162 valence electrons. The van der Waals surface area contributed by atoms with Gasteiger partial charge >= 0.3 is 0 Å². The van der Waals surface area contributed by atoms with Gasteiger partial charge in [0.05, 0.1) is 17.1 Å². The molecule has 0 aliphatic heterocycles. The molecule has 5 nitrogen and oxygen atoms in total. The van der Waals surface area contributed by atoms with Crippen LogP contribution in [0.3, 0.4) is 0 Å². The minimum absolute atomic E-state index is 0.0736. The zero-order valence-corrected chi connectivity index (χ0v) is 19.6. The van der Waals surface area contributed by atoms with Gasteiger partial charge in [-0.25, -0.2) is 8.42 Å². The van der Waals surface area contributed by atoms with Crippen molar-refractivity contribution in [3.8, 4) is 0 Å². The van der Waals surface area contributed by atoms with Crippen LogP contribution in [0.1, 0.15) is 11.1 Å². The van der Waals surface area contributed by atoms with Crippen molar-refractivity contribution in [3.63, 3.8) is 0 Å². The Morgan fingerprint density at radius 2 is 1.74 bits per heavy atom. The van der Waals surface area contributed by atoms with E-state index < -0.39 is 15.9 Å². The van der Waals surface area contributed by atoms with E-state index in [1.807, 2.05) is 55.6 Å².